The van der Waals surface area contributed by atoms with E-state index >= 15 is 0 Å². The van der Waals surface area contributed by atoms with Crippen LogP contribution in [0.2, 0.25) is 0 Å². The van der Waals surface area contributed by atoms with Gasteiger partial charge in [-0.25, -0.2) is 9.18 Å². The van der Waals surface area contributed by atoms with Crippen molar-refractivity contribution in [1.29, 1.82) is 0 Å². The summed E-state index contributed by atoms with van der Waals surface area (Å²) >= 11 is 0. The summed E-state index contributed by atoms with van der Waals surface area (Å²) in [5.74, 6) is -1.10. The SMILES string of the molecule is C=C(C)C(=O)OCC(F)C(F)(F)S(=O)(=O)OC. The Hall–Kier alpha value is -1.09. The fraction of sp³-hybridized carbons (Fsp3) is 0.625. The summed E-state index contributed by atoms with van der Waals surface area (Å²) in [7, 11) is -4.92. The van der Waals surface area contributed by atoms with Crippen LogP contribution in [0, 0.1) is 0 Å². The molecule has 0 saturated carbocycles. The molecule has 1 unspecified atom stereocenters. The molecule has 0 saturated heterocycles. The summed E-state index contributed by atoms with van der Waals surface area (Å²) < 4.78 is 67.8. The van der Waals surface area contributed by atoms with Crippen molar-refractivity contribution < 1.29 is 35.3 Å². The highest BCUT2D eigenvalue weighted by molar-refractivity contribution is 7.87. The van der Waals surface area contributed by atoms with E-state index in [9.17, 15) is 26.4 Å². The van der Waals surface area contributed by atoms with E-state index in [0.29, 0.717) is 7.11 Å². The lowest BCUT2D eigenvalue weighted by molar-refractivity contribution is -0.143. The fourth-order valence-electron chi connectivity index (χ4n) is 0.637. The van der Waals surface area contributed by atoms with Gasteiger partial charge in [-0.1, -0.05) is 6.58 Å². The Morgan fingerprint density at radius 2 is 1.94 bits per heavy atom. The Kier molecular flexibility index (Phi) is 5.14. The number of hydrogen-bond acceptors (Lipinski definition) is 5. The highest BCUT2D eigenvalue weighted by Gasteiger charge is 2.54. The van der Waals surface area contributed by atoms with Gasteiger partial charge in [0.25, 0.3) is 0 Å². The monoisotopic (exact) mass is 276 g/mol. The number of carbonyl (C=O) groups excluding carboxylic acids is 1. The third kappa shape index (κ3) is 3.70. The first-order valence-corrected chi connectivity index (χ1v) is 5.61. The summed E-state index contributed by atoms with van der Waals surface area (Å²) in [6.07, 6.45) is -3.23. The van der Waals surface area contributed by atoms with Gasteiger partial charge in [-0.3, -0.25) is 4.18 Å². The van der Waals surface area contributed by atoms with Gasteiger partial charge in [0, 0.05) is 5.57 Å². The third-order valence-corrected chi connectivity index (χ3v) is 2.99. The van der Waals surface area contributed by atoms with Crippen molar-refractivity contribution >= 4 is 16.1 Å². The topological polar surface area (TPSA) is 69.7 Å². The van der Waals surface area contributed by atoms with Crippen molar-refractivity contribution in [1.82, 2.24) is 0 Å². The molecule has 0 rings (SSSR count). The Balaban J connectivity index is 4.67. The zero-order chi connectivity index (χ0) is 13.9. The van der Waals surface area contributed by atoms with Gasteiger partial charge in [-0.05, 0) is 6.92 Å². The Labute approximate surface area is 96.3 Å². The van der Waals surface area contributed by atoms with Gasteiger partial charge >= 0.3 is 21.3 Å². The number of ether oxygens (including phenoxy) is 1. The molecule has 5 nitrogen and oxygen atoms in total. The lowest BCUT2D eigenvalue weighted by atomic mass is 10.3. The van der Waals surface area contributed by atoms with E-state index in [1.165, 1.54) is 6.92 Å². The van der Waals surface area contributed by atoms with Gasteiger partial charge in [-0.2, -0.15) is 17.2 Å². The van der Waals surface area contributed by atoms with Gasteiger partial charge in [0.05, 0.1) is 7.11 Å². The molecule has 0 fully saturated rings. The molecule has 0 aromatic heterocycles. The molecule has 17 heavy (non-hydrogen) atoms. The maximum Gasteiger partial charge on any atom is 0.403 e. The lowest BCUT2D eigenvalue weighted by Crippen LogP contribution is -2.42. The summed E-state index contributed by atoms with van der Waals surface area (Å²) in [4.78, 5) is 10.8. The minimum Gasteiger partial charge on any atom is -0.459 e. The van der Waals surface area contributed by atoms with Crippen molar-refractivity contribution in [2.45, 2.75) is 18.3 Å². The van der Waals surface area contributed by atoms with Crippen molar-refractivity contribution in [3.63, 3.8) is 0 Å². The van der Waals surface area contributed by atoms with Crippen LogP contribution < -0.4 is 0 Å². The van der Waals surface area contributed by atoms with Crippen LogP contribution in [0.5, 0.6) is 0 Å². The lowest BCUT2D eigenvalue weighted by Gasteiger charge is -2.19. The number of esters is 1. The summed E-state index contributed by atoms with van der Waals surface area (Å²) in [5, 5.41) is -4.79. The maximum atomic E-state index is 13.0. The molecular weight excluding hydrogens is 265 g/mol. The van der Waals surface area contributed by atoms with Crippen LogP contribution >= 0.6 is 0 Å². The van der Waals surface area contributed by atoms with Crippen LogP contribution in [-0.4, -0.2) is 39.5 Å². The second-order valence-electron chi connectivity index (χ2n) is 3.03. The summed E-state index contributed by atoms with van der Waals surface area (Å²) in [5.41, 5.74) is -0.130. The van der Waals surface area contributed by atoms with Crippen molar-refractivity contribution in [2.24, 2.45) is 0 Å². The normalized spacial score (nSPS) is 14.2. The van der Waals surface area contributed by atoms with E-state index in [1.54, 1.807) is 0 Å². The van der Waals surface area contributed by atoms with E-state index in [4.69, 9.17) is 0 Å². The first-order chi connectivity index (χ1) is 7.56. The predicted octanol–water partition coefficient (Wildman–Crippen LogP) is 1.01. The van der Waals surface area contributed by atoms with E-state index < -0.39 is 34.1 Å². The Morgan fingerprint density at radius 3 is 2.29 bits per heavy atom. The van der Waals surface area contributed by atoms with Crippen LogP contribution in [0.1, 0.15) is 6.92 Å². The Morgan fingerprint density at radius 1 is 1.47 bits per heavy atom. The second-order valence-corrected chi connectivity index (χ2v) is 4.81. The zero-order valence-corrected chi connectivity index (χ0v) is 9.89. The molecule has 1 atom stereocenters. The van der Waals surface area contributed by atoms with Crippen molar-refractivity contribution in [3.05, 3.63) is 12.2 Å². The first kappa shape index (κ1) is 15.9. The number of rotatable bonds is 6. The molecule has 0 aromatic rings. The molecule has 0 aliphatic carbocycles. The van der Waals surface area contributed by atoms with Crippen LogP contribution in [0.15, 0.2) is 12.2 Å². The Bertz CT molecular complexity index is 403. The quantitative estimate of drug-likeness (QED) is 0.411. The molecule has 9 heteroatoms. The van der Waals surface area contributed by atoms with Gasteiger partial charge < -0.3 is 4.74 Å². The van der Waals surface area contributed by atoms with Crippen molar-refractivity contribution in [3.8, 4) is 0 Å². The predicted molar refractivity (Wildman–Crippen MR) is 51.5 cm³/mol. The number of carbonyl (C=O) groups is 1. The van der Waals surface area contributed by atoms with E-state index in [0.717, 1.165) is 0 Å². The van der Waals surface area contributed by atoms with Gasteiger partial charge in [0.2, 0.25) is 6.17 Å². The third-order valence-electron chi connectivity index (χ3n) is 1.63. The summed E-state index contributed by atoms with van der Waals surface area (Å²) in [6, 6.07) is 0. The zero-order valence-electron chi connectivity index (χ0n) is 9.07. The van der Waals surface area contributed by atoms with Crippen LogP contribution in [0.3, 0.4) is 0 Å². The second kappa shape index (κ2) is 5.50. The molecule has 0 spiro atoms. The molecule has 0 N–H and O–H groups in total. The molecule has 0 bridgehead atoms. The van der Waals surface area contributed by atoms with Gasteiger partial charge in [0.15, 0.2) is 0 Å². The van der Waals surface area contributed by atoms with E-state index in [-0.39, 0.29) is 5.57 Å². The van der Waals surface area contributed by atoms with Crippen LogP contribution in [0.4, 0.5) is 13.2 Å². The number of hydrogen-bond donors (Lipinski definition) is 0. The van der Waals surface area contributed by atoms with Gasteiger partial charge in [0.1, 0.15) is 6.61 Å². The minimum atomic E-state index is -5.39. The average Bonchev–Trinajstić information content (AvgIpc) is 2.24. The highest BCUT2D eigenvalue weighted by atomic mass is 32.2. The molecule has 0 amide bonds. The van der Waals surface area contributed by atoms with E-state index in [2.05, 4.69) is 15.5 Å². The van der Waals surface area contributed by atoms with Crippen LogP contribution in [0.25, 0.3) is 0 Å². The standard InChI is InChI=1S/C8H11F3O5S/c1-5(2)7(12)16-4-6(9)8(10,11)17(13,14)15-3/h6H,1,4H2,2-3H3. The van der Waals surface area contributed by atoms with Gasteiger partial charge in [-0.15, -0.1) is 0 Å². The minimum absolute atomic E-state index is 0.130. The molecule has 0 aliphatic heterocycles. The smallest absolute Gasteiger partial charge is 0.403 e. The molecule has 0 radical (unpaired) electrons. The fourth-order valence-corrected chi connectivity index (χ4v) is 1.24. The highest BCUT2D eigenvalue weighted by Crippen LogP contribution is 2.29. The first-order valence-electron chi connectivity index (χ1n) is 4.21. The molecule has 0 heterocycles. The number of halogens is 3. The average molecular weight is 276 g/mol. The molecule has 100 valence electrons. The van der Waals surface area contributed by atoms with E-state index in [1.807, 2.05) is 0 Å². The molecule has 0 aliphatic rings. The summed E-state index contributed by atoms with van der Waals surface area (Å²) in [6.45, 7) is 2.94. The number of alkyl halides is 3. The van der Waals surface area contributed by atoms with Crippen molar-refractivity contribution in [2.75, 3.05) is 13.7 Å². The largest absolute Gasteiger partial charge is 0.459 e. The maximum absolute atomic E-state index is 13.0. The molecule has 0 aromatic carbocycles. The van der Waals surface area contributed by atoms with Crippen LogP contribution in [-0.2, 0) is 23.8 Å². The molecular formula is C8H11F3O5S.